The lowest BCUT2D eigenvalue weighted by molar-refractivity contribution is -0.123. The Hall–Kier alpha value is -1.42. The van der Waals surface area contributed by atoms with Gasteiger partial charge in [-0.1, -0.05) is 6.07 Å². The molecule has 1 aromatic rings. The van der Waals surface area contributed by atoms with Crippen molar-refractivity contribution < 1.29 is 9.18 Å². The molecule has 2 N–H and O–H groups in total. The molecule has 1 aliphatic heterocycles. The average molecular weight is 208 g/mol. The van der Waals surface area contributed by atoms with Crippen molar-refractivity contribution in [3.05, 3.63) is 35.1 Å². The summed E-state index contributed by atoms with van der Waals surface area (Å²) in [6.07, 6.45) is 0.571. The molecule has 1 amide bonds. The van der Waals surface area contributed by atoms with Crippen LogP contribution < -0.4 is 5.73 Å². The minimum Gasteiger partial charge on any atom is -0.368 e. The molecule has 3 nitrogen and oxygen atoms in total. The first-order valence-electron chi connectivity index (χ1n) is 4.85. The number of benzene rings is 1. The van der Waals surface area contributed by atoms with E-state index in [0.717, 1.165) is 11.1 Å². The number of halogens is 1. The molecule has 0 spiro atoms. The first-order valence-corrected chi connectivity index (χ1v) is 4.85. The number of nitrogens with zero attached hydrogens (tertiary/aromatic N) is 1. The monoisotopic (exact) mass is 208 g/mol. The number of hydrogen-bond acceptors (Lipinski definition) is 2. The first-order chi connectivity index (χ1) is 7.08. The largest absolute Gasteiger partial charge is 0.368 e. The van der Waals surface area contributed by atoms with Gasteiger partial charge < -0.3 is 5.73 Å². The Labute approximate surface area is 87.7 Å². The Morgan fingerprint density at radius 2 is 2.27 bits per heavy atom. The summed E-state index contributed by atoms with van der Waals surface area (Å²) in [5, 5.41) is 0. The van der Waals surface area contributed by atoms with Crippen LogP contribution in [0.5, 0.6) is 0 Å². The van der Waals surface area contributed by atoms with Gasteiger partial charge in [0.15, 0.2) is 0 Å². The number of primary amides is 1. The van der Waals surface area contributed by atoms with E-state index < -0.39 is 0 Å². The molecule has 2 rings (SSSR count). The molecule has 0 saturated carbocycles. The number of carbonyl (C=O) groups is 1. The second-order valence-electron chi connectivity index (χ2n) is 3.95. The number of hydrogen-bond donors (Lipinski definition) is 1. The van der Waals surface area contributed by atoms with Gasteiger partial charge in [0.1, 0.15) is 5.82 Å². The molecule has 0 fully saturated rings. The van der Waals surface area contributed by atoms with E-state index in [0.29, 0.717) is 13.0 Å². The maximum atomic E-state index is 13.0. The molecule has 0 saturated heterocycles. The minimum atomic E-state index is -0.326. The van der Waals surface area contributed by atoms with Crippen LogP contribution >= 0.6 is 0 Å². The van der Waals surface area contributed by atoms with Crippen LogP contribution in [0.15, 0.2) is 18.2 Å². The predicted molar refractivity (Wildman–Crippen MR) is 54.6 cm³/mol. The van der Waals surface area contributed by atoms with Crippen molar-refractivity contribution >= 4 is 5.91 Å². The SMILES string of the molecule is CN1Cc2cc(F)ccc2CC1C(N)=O. The molecule has 0 radical (unpaired) electrons. The highest BCUT2D eigenvalue weighted by Crippen LogP contribution is 2.22. The van der Waals surface area contributed by atoms with Crippen molar-refractivity contribution in [3.63, 3.8) is 0 Å². The zero-order chi connectivity index (χ0) is 11.0. The van der Waals surface area contributed by atoms with Crippen LogP contribution in [0.1, 0.15) is 11.1 Å². The molecule has 4 heteroatoms. The summed E-state index contributed by atoms with van der Waals surface area (Å²) in [6.45, 7) is 0.570. The number of fused-ring (bicyclic) bond motifs is 1. The van der Waals surface area contributed by atoms with Crippen LogP contribution in [0.2, 0.25) is 0 Å². The summed E-state index contributed by atoms with van der Waals surface area (Å²) in [6, 6.07) is 4.39. The van der Waals surface area contributed by atoms with Gasteiger partial charge in [0.2, 0.25) is 5.91 Å². The topological polar surface area (TPSA) is 46.3 Å². The van der Waals surface area contributed by atoms with Crippen LogP contribution in [0.4, 0.5) is 4.39 Å². The second kappa shape index (κ2) is 3.62. The van der Waals surface area contributed by atoms with Crippen LogP contribution in [-0.2, 0) is 17.8 Å². The zero-order valence-electron chi connectivity index (χ0n) is 8.53. The van der Waals surface area contributed by atoms with Gasteiger partial charge in [0, 0.05) is 6.54 Å². The standard InChI is InChI=1S/C11H13FN2O/c1-14-6-8-4-9(12)3-2-7(8)5-10(14)11(13)15/h2-4,10H,5-6H2,1H3,(H2,13,15). The molecule has 1 heterocycles. The maximum absolute atomic E-state index is 13.0. The predicted octanol–water partition coefficient (Wildman–Crippen LogP) is 0.668. The Morgan fingerprint density at radius 3 is 2.93 bits per heavy atom. The zero-order valence-corrected chi connectivity index (χ0v) is 8.53. The third-order valence-electron chi connectivity index (χ3n) is 2.86. The Kier molecular flexibility index (Phi) is 2.44. The average Bonchev–Trinajstić information content (AvgIpc) is 2.15. The fourth-order valence-corrected chi connectivity index (χ4v) is 2.00. The van der Waals surface area contributed by atoms with E-state index >= 15 is 0 Å². The van der Waals surface area contributed by atoms with Crippen molar-refractivity contribution in [2.24, 2.45) is 5.73 Å². The molecule has 80 valence electrons. The van der Waals surface area contributed by atoms with Gasteiger partial charge in [0.05, 0.1) is 6.04 Å². The lowest BCUT2D eigenvalue weighted by Crippen LogP contribution is -2.46. The Bertz CT molecular complexity index is 406. The Morgan fingerprint density at radius 1 is 1.53 bits per heavy atom. The molecule has 1 aromatic carbocycles. The number of carbonyl (C=O) groups excluding carboxylic acids is 1. The summed E-state index contributed by atoms with van der Waals surface area (Å²) in [5.41, 5.74) is 7.24. The van der Waals surface area contributed by atoms with Gasteiger partial charge in [-0.05, 0) is 36.7 Å². The molecule has 15 heavy (non-hydrogen) atoms. The molecule has 0 aliphatic carbocycles. The summed E-state index contributed by atoms with van der Waals surface area (Å²) in [7, 11) is 1.82. The van der Waals surface area contributed by atoms with Gasteiger partial charge in [-0.3, -0.25) is 9.69 Å². The van der Waals surface area contributed by atoms with E-state index in [9.17, 15) is 9.18 Å². The normalized spacial score (nSPS) is 21.1. The van der Waals surface area contributed by atoms with Crippen molar-refractivity contribution in [2.45, 2.75) is 19.0 Å². The first kappa shape index (κ1) is 10.1. The summed E-state index contributed by atoms with van der Waals surface area (Å²) in [5.74, 6) is -0.563. The van der Waals surface area contributed by atoms with E-state index in [-0.39, 0.29) is 17.8 Å². The lowest BCUT2D eigenvalue weighted by Gasteiger charge is -2.31. The highest BCUT2D eigenvalue weighted by atomic mass is 19.1. The van der Waals surface area contributed by atoms with Crippen LogP contribution in [0.3, 0.4) is 0 Å². The van der Waals surface area contributed by atoms with E-state index in [2.05, 4.69) is 0 Å². The maximum Gasteiger partial charge on any atom is 0.235 e. The molecule has 0 bridgehead atoms. The van der Waals surface area contributed by atoms with Crippen molar-refractivity contribution in [2.75, 3.05) is 7.05 Å². The number of nitrogens with two attached hydrogens (primary N) is 1. The third kappa shape index (κ3) is 1.85. The van der Waals surface area contributed by atoms with Crippen molar-refractivity contribution in [3.8, 4) is 0 Å². The molecule has 1 unspecified atom stereocenters. The van der Waals surface area contributed by atoms with Gasteiger partial charge in [-0.15, -0.1) is 0 Å². The van der Waals surface area contributed by atoms with Crippen LogP contribution in [0, 0.1) is 5.82 Å². The fourth-order valence-electron chi connectivity index (χ4n) is 2.00. The van der Waals surface area contributed by atoms with Gasteiger partial charge in [0.25, 0.3) is 0 Å². The molecule has 0 aromatic heterocycles. The molecular formula is C11H13FN2O. The third-order valence-corrected chi connectivity index (χ3v) is 2.86. The lowest BCUT2D eigenvalue weighted by atomic mass is 9.94. The van der Waals surface area contributed by atoms with Crippen LogP contribution in [-0.4, -0.2) is 23.9 Å². The summed E-state index contributed by atoms with van der Waals surface area (Å²) >= 11 is 0. The van der Waals surface area contributed by atoms with Crippen molar-refractivity contribution in [1.82, 2.24) is 4.90 Å². The number of likely N-dealkylation sites (N-methyl/N-ethyl adjacent to an activating group) is 1. The molecule has 1 aliphatic rings. The summed E-state index contributed by atoms with van der Waals surface area (Å²) in [4.78, 5) is 13.0. The minimum absolute atomic E-state index is 0.236. The highest BCUT2D eigenvalue weighted by molar-refractivity contribution is 5.80. The summed E-state index contributed by atoms with van der Waals surface area (Å²) < 4.78 is 13.0. The second-order valence-corrected chi connectivity index (χ2v) is 3.95. The fraction of sp³-hybridized carbons (Fsp3) is 0.364. The number of rotatable bonds is 1. The highest BCUT2D eigenvalue weighted by Gasteiger charge is 2.27. The van der Waals surface area contributed by atoms with E-state index in [1.54, 1.807) is 6.07 Å². The van der Waals surface area contributed by atoms with Gasteiger partial charge >= 0.3 is 0 Å². The van der Waals surface area contributed by atoms with Gasteiger partial charge in [-0.2, -0.15) is 0 Å². The molecular weight excluding hydrogens is 195 g/mol. The van der Waals surface area contributed by atoms with E-state index in [1.165, 1.54) is 12.1 Å². The van der Waals surface area contributed by atoms with E-state index in [1.807, 2.05) is 11.9 Å². The quantitative estimate of drug-likeness (QED) is 0.737. The van der Waals surface area contributed by atoms with E-state index in [4.69, 9.17) is 5.73 Å². The smallest absolute Gasteiger partial charge is 0.235 e. The Balaban J connectivity index is 2.33. The van der Waals surface area contributed by atoms with Gasteiger partial charge in [-0.25, -0.2) is 4.39 Å². The number of amides is 1. The van der Waals surface area contributed by atoms with Crippen molar-refractivity contribution in [1.29, 1.82) is 0 Å². The van der Waals surface area contributed by atoms with Crippen LogP contribution in [0.25, 0.3) is 0 Å². The molecule has 1 atom stereocenters.